The Hall–Kier alpha value is -2.29. The summed E-state index contributed by atoms with van der Waals surface area (Å²) < 4.78 is 0. The molecule has 0 N–H and O–H groups in total. The number of pyridine rings is 1. The van der Waals surface area contributed by atoms with E-state index < -0.39 is 0 Å². The minimum Gasteiger partial charge on any atom is -0.256 e. The lowest BCUT2D eigenvalue weighted by atomic mass is 10.1. The smallest absolute Gasteiger partial charge is 0.116 e. The standard InChI is InChI=1S/C13H9N3/c1-2-4-12-10(3-1)7-11(8-15-12)13-5-6-14-9-16-13/h1-9H. The van der Waals surface area contributed by atoms with Crippen molar-refractivity contribution in [3.05, 3.63) is 55.1 Å². The van der Waals surface area contributed by atoms with Crippen molar-refractivity contribution in [2.24, 2.45) is 0 Å². The van der Waals surface area contributed by atoms with Gasteiger partial charge < -0.3 is 0 Å². The predicted octanol–water partition coefficient (Wildman–Crippen LogP) is 2.69. The maximum Gasteiger partial charge on any atom is 0.116 e. The van der Waals surface area contributed by atoms with Crippen LogP contribution >= 0.6 is 0 Å². The molecule has 3 aromatic rings. The largest absolute Gasteiger partial charge is 0.256 e. The molecule has 0 unspecified atom stereocenters. The first kappa shape index (κ1) is 8.97. The summed E-state index contributed by atoms with van der Waals surface area (Å²) in [6, 6.07) is 12.0. The highest BCUT2D eigenvalue weighted by Crippen LogP contribution is 2.19. The summed E-state index contributed by atoms with van der Waals surface area (Å²) in [5.41, 5.74) is 2.91. The van der Waals surface area contributed by atoms with Gasteiger partial charge >= 0.3 is 0 Å². The van der Waals surface area contributed by atoms with Crippen LogP contribution in [0, 0.1) is 0 Å². The zero-order chi connectivity index (χ0) is 10.8. The van der Waals surface area contributed by atoms with Gasteiger partial charge in [0.25, 0.3) is 0 Å². The topological polar surface area (TPSA) is 38.7 Å². The van der Waals surface area contributed by atoms with Crippen molar-refractivity contribution in [3.8, 4) is 11.3 Å². The molecule has 0 atom stereocenters. The number of para-hydroxylation sites is 1. The Morgan fingerprint density at radius 1 is 0.938 bits per heavy atom. The van der Waals surface area contributed by atoms with Crippen molar-refractivity contribution < 1.29 is 0 Å². The Bertz CT molecular complexity index is 620. The number of benzene rings is 1. The van der Waals surface area contributed by atoms with Gasteiger partial charge in [0.2, 0.25) is 0 Å². The quantitative estimate of drug-likeness (QED) is 0.615. The zero-order valence-corrected chi connectivity index (χ0v) is 8.54. The summed E-state index contributed by atoms with van der Waals surface area (Å²) in [7, 11) is 0. The molecule has 0 aliphatic rings. The van der Waals surface area contributed by atoms with Crippen LogP contribution in [-0.4, -0.2) is 15.0 Å². The first-order chi connectivity index (χ1) is 7.93. The summed E-state index contributed by atoms with van der Waals surface area (Å²) in [6.45, 7) is 0. The van der Waals surface area contributed by atoms with Crippen LogP contribution in [0.3, 0.4) is 0 Å². The number of rotatable bonds is 1. The average Bonchev–Trinajstić information content (AvgIpc) is 2.39. The molecule has 3 heteroatoms. The molecule has 0 saturated carbocycles. The summed E-state index contributed by atoms with van der Waals surface area (Å²) in [4.78, 5) is 12.5. The normalized spacial score (nSPS) is 10.5. The number of nitrogens with zero attached hydrogens (tertiary/aromatic N) is 3. The highest BCUT2D eigenvalue weighted by Gasteiger charge is 2.00. The van der Waals surface area contributed by atoms with E-state index in [9.17, 15) is 0 Å². The van der Waals surface area contributed by atoms with E-state index in [0.717, 1.165) is 22.2 Å². The lowest BCUT2D eigenvalue weighted by Crippen LogP contribution is -1.86. The Morgan fingerprint density at radius 2 is 1.88 bits per heavy atom. The molecule has 0 radical (unpaired) electrons. The fourth-order valence-corrected chi connectivity index (χ4v) is 1.67. The molecule has 2 aromatic heterocycles. The van der Waals surface area contributed by atoms with Crippen molar-refractivity contribution in [2.45, 2.75) is 0 Å². The molecule has 0 amide bonds. The van der Waals surface area contributed by atoms with Crippen molar-refractivity contribution in [1.29, 1.82) is 0 Å². The Labute approximate surface area is 92.8 Å². The average molecular weight is 207 g/mol. The van der Waals surface area contributed by atoms with Crippen LogP contribution in [0.1, 0.15) is 0 Å². The third-order valence-electron chi connectivity index (χ3n) is 2.47. The van der Waals surface area contributed by atoms with Crippen LogP contribution in [0.4, 0.5) is 0 Å². The lowest BCUT2D eigenvalue weighted by Gasteiger charge is -2.01. The molecular weight excluding hydrogens is 198 g/mol. The van der Waals surface area contributed by atoms with Crippen molar-refractivity contribution in [2.75, 3.05) is 0 Å². The maximum absolute atomic E-state index is 4.40. The van der Waals surface area contributed by atoms with Gasteiger partial charge in [-0.15, -0.1) is 0 Å². The van der Waals surface area contributed by atoms with Gasteiger partial charge in [0.15, 0.2) is 0 Å². The van der Waals surface area contributed by atoms with Gasteiger partial charge in [-0.2, -0.15) is 0 Å². The van der Waals surface area contributed by atoms with Gasteiger partial charge in [0, 0.05) is 23.3 Å². The minimum absolute atomic E-state index is 0.897. The molecule has 0 aliphatic carbocycles. The number of hydrogen-bond acceptors (Lipinski definition) is 3. The second-order valence-electron chi connectivity index (χ2n) is 3.51. The Balaban J connectivity index is 2.19. The summed E-state index contributed by atoms with van der Waals surface area (Å²) in [6.07, 6.45) is 5.12. The zero-order valence-electron chi connectivity index (χ0n) is 8.54. The van der Waals surface area contributed by atoms with Crippen LogP contribution in [0.5, 0.6) is 0 Å². The molecule has 0 saturated heterocycles. The molecule has 2 heterocycles. The van der Waals surface area contributed by atoms with Gasteiger partial charge in [0.05, 0.1) is 11.2 Å². The minimum atomic E-state index is 0.897. The van der Waals surface area contributed by atoms with E-state index in [0.29, 0.717) is 0 Å². The van der Waals surface area contributed by atoms with Crippen molar-refractivity contribution >= 4 is 10.9 Å². The number of fused-ring (bicyclic) bond motifs is 1. The molecule has 76 valence electrons. The van der Waals surface area contributed by atoms with E-state index in [2.05, 4.69) is 21.0 Å². The van der Waals surface area contributed by atoms with Crippen molar-refractivity contribution in [1.82, 2.24) is 15.0 Å². The van der Waals surface area contributed by atoms with Gasteiger partial charge in [-0.05, 0) is 18.2 Å². The van der Waals surface area contributed by atoms with Crippen LogP contribution in [0.15, 0.2) is 55.1 Å². The molecule has 16 heavy (non-hydrogen) atoms. The number of aromatic nitrogens is 3. The number of hydrogen-bond donors (Lipinski definition) is 0. The first-order valence-electron chi connectivity index (χ1n) is 5.05. The monoisotopic (exact) mass is 207 g/mol. The van der Waals surface area contributed by atoms with Crippen LogP contribution < -0.4 is 0 Å². The van der Waals surface area contributed by atoms with Gasteiger partial charge in [-0.25, -0.2) is 9.97 Å². The fourth-order valence-electron chi connectivity index (χ4n) is 1.67. The van der Waals surface area contributed by atoms with E-state index >= 15 is 0 Å². The maximum atomic E-state index is 4.40. The second-order valence-corrected chi connectivity index (χ2v) is 3.51. The van der Waals surface area contributed by atoms with E-state index in [-0.39, 0.29) is 0 Å². The summed E-state index contributed by atoms with van der Waals surface area (Å²) >= 11 is 0. The molecule has 3 nitrogen and oxygen atoms in total. The lowest BCUT2D eigenvalue weighted by molar-refractivity contribution is 1.17. The van der Waals surface area contributed by atoms with E-state index in [1.165, 1.54) is 0 Å². The van der Waals surface area contributed by atoms with Gasteiger partial charge in [-0.3, -0.25) is 4.98 Å². The summed E-state index contributed by atoms with van der Waals surface area (Å²) in [5, 5.41) is 1.12. The van der Waals surface area contributed by atoms with Crippen LogP contribution in [0.2, 0.25) is 0 Å². The first-order valence-corrected chi connectivity index (χ1v) is 5.05. The predicted molar refractivity (Wildman–Crippen MR) is 62.8 cm³/mol. The molecule has 0 bridgehead atoms. The van der Waals surface area contributed by atoms with E-state index in [1.54, 1.807) is 12.5 Å². The third kappa shape index (κ3) is 1.52. The third-order valence-corrected chi connectivity index (χ3v) is 2.47. The van der Waals surface area contributed by atoms with E-state index in [4.69, 9.17) is 0 Å². The van der Waals surface area contributed by atoms with Crippen LogP contribution in [0.25, 0.3) is 22.2 Å². The Kier molecular flexibility index (Phi) is 2.07. The fraction of sp³-hybridized carbons (Fsp3) is 0. The Morgan fingerprint density at radius 3 is 2.75 bits per heavy atom. The highest BCUT2D eigenvalue weighted by molar-refractivity contribution is 5.82. The molecule has 0 fully saturated rings. The molecule has 0 spiro atoms. The van der Waals surface area contributed by atoms with Gasteiger partial charge in [-0.1, -0.05) is 18.2 Å². The van der Waals surface area contributed by atoms with Crippen LogP contribution in [-0.2, 0) is 0 Å². The SMILES string of the molecule is c1ccc2ncc(-c3ccncn3)cc2c1. The molecular formula is C13H9N3. The van der Waals surface area contributed by atoms with E-state index in [1.807, 2.05) is 36.5 Å². The summed E-state index contributed by atoms with van der Waals surface area (Å²) in [5.74, 6) is 0. The van der Waals surface area contributed by atoms with Crippen molar-refractivity contribution in [3.63, 3.8) is 0 Å². The molecule has 1 aromatic carbocycles. The molecule has 3 rings (SSSR count). The molecule has 0 aliphatic heterocycles. The second kappa shape index (κ2) is 3.70. The highest BCUT2D eigenvalue weighted by atomic mass is 14.8. The van der Waals surface area contributed by atoms with Gasteiger partial charge in [0.1, 0.15) is 6.33 Å².